The minimum Gasteiger partial charge on any atom is -0.463 e. The van der Waals surface area contributed by atoms with Gasteiger partial charge in [0.2, 0.25) is 10.0 Å². The molecule has 0 aliphatic rings. The summed E-state index contributed by atoms with van der Waals surface area (Å²) in [5.41, 5.74) is 0. The molecule has 0 aromatic heterocycles. The van der Waals surface area contributed by atoms with Gasteiger partial charge in [0.05, 0.1) is 18.1 Å². The molecule has 116 valence electrons. The third kappa shape index (κ3) is 5.30. The highest BCUT2D eigenvalue weighted by Crippen LogP contribution is 2.14. The fraction of sp³-hybridized carbons (Fsp3) is 0.357. The molecule has 1 aromatic rings. The molecule has 0 radical (unpaired) electrons. The van der Waals surface area contributed by atoms with Crippen LogP contribution in [-0.2, 0) is 19.6 Å². The largest absolute Gasteiger partial charge is 0.463 e. The zero-order chi connectivity index (χ0) is 15.7. The Morgan fingerprint density at radius 2 is 2.00 bits per heavy atom. The fourth-order valence-corrected chi connectivity index (χ4v) is 3.02. The van der Waals surface area contributed by atoms with E-state index in [0.29, 0.717) is 0 Å². The first kappa shape index (κ1) is 17.4. The number of aliphatic hydroxyl groups is 1. The first-order valence-electron chi connectivity index (χ1n) is 6.51. The molecule has 1 rings (SSSR count). The molecule has 6 nitrogen and oxygen atoms in total. The smallest absolute Gasteiger partial charge is 0.330 e. The van der Waals surface area contributed by atoms with Crippen molar-refractivity contribution in [2.24, 2.45) is 0 Å². The molecular formula is C14H19NO5S. The predicted octanol–water partition coefficient (Wildman–Crippen LogP) is 0.789. The van der Waals surface area contributed by atoms with Crippen LogP contribution in [0.1, 0.15) is 6.92 Å². The number of rotatable bonds is 8. The summed E-state index contributed by atoms with van der Waals surface area (Å²) in [6.45, 7) is 1.57. The van der Waals surface area contributed by atoms with Crippen molar-refractivity contribution in [3.63, 3.8) is 0 Å². The maximum Gasteiger partial charge on any atom is 0.330 e. The van der Waals surface area contributed by atoms with E-state index in [0.717, 1.165) is 4.31 Å². The number of ether oxygens (including phenoxy) is 1. The number of esters is 1. The standard InChI is InChI=1S/C14H19NO5S/c1-2-20-14(17)9-6-10-15(11-12-16)21(18,19)13-7-4-3-5-8-13/h3-9,16H,2,10-12H2,1H3/b9-6+. The molecule has 1 N–H and O–H groups in total. The number of carbonyl (C=O) groups is 1. The number of benzene rings is 1. The van der Waals surface area contributed by atoms with Crippen LogP contribution in [0, 0.1) is 0 Å². The zero-order valence-electron chi connectivity index (χ0n) is 11.8. The van der Waals surface area contributed by atoms with Crippen LogP contribution < -0.4 is 0 Å². The Bertz CT molecular complexity index is 568. The van der Waals surface area contributed by atoms with E-state index >= 15 is 0 Å². The number of hydrogen-bond donors (Lipinski definition) is 1. The maximum atomic E-state index is 12.4. The van der Waals surface area contributed by atoms with Gasteiger partial charge in [-0.05, 0) is 19.1 Å². The summed E-state index contributed by atoms with van der Waals surface area (Å²) in [7, 11) is -3.70. The van der Waals surface area contributed by atoms with Crippen LogP contribution in [0.25, 0.3) is 0 Å². The van der Waals surface area contributed by atoms with Gasteiger partial charge in [-0.15, -0.1) is 0 Å². The molecule has 0 aliphatic carbocycles. The van der Waals surface area contributed by atoms with Gasteiger partial charge in [0.15, 0.2) is 0 Å². The third-order valence-corrected chi connectivity index (χ3v) is 4.46. The van der Waals surface area contributed by atoms with Crippen molar-refractivity contribution < 1.29 is 23.1 Å². The topological polar surface area (TPSA) is 83.9 Å². The molecule has 0 amide bonds. The molecule has 0 saturated heterocycles. The molecule has 0 spiro atoms. The van der Waals surface area contributed by atoms with E-state index in [9.17, 15) is 13.2 Å². The van der Waals surface area contributed by atoms with Crippen LogP contribution in [-0.4, -0.2) is 50.1 Å². The monoisotopic (exact) mass is 313 g/mol. The third-order valence-electron chi connectivity index (χ3n) is 2.58. The Morgan fingerprint density at radius 1 is 1.33 bits per heavy atom. The lowest BCUT2D eigenvalue weighted by atomic mass is 10.4. The lowest BCUT2D eigenvalue weighted by molar-refractivity contribution is -0.137. The van der Waals surface area contributed by atoms with Gasteiger partial charge in [-0.3, -0.25) is 0 Å². The van der Waals surface area contributed by atoms with Crippen LogP contribution >= 0.6 is 0 Å². The number of aliphatic hydroxyl groups excluding tert-OH is 1. The Hall–Kier alpha value is -1.70. The summed E-state index contributed by atoms with van der Waals surface area (Å²) in [5.74, 6) is -0.529. The van der Waals surface area contributed by atoms with Gasteiger partial charge in [-0.2, -0.15) is 4.31 Å². The van der Waals surface area contributed by atoms with E-state index in [4.69, 9.17) is 9.84 Å². The molecule has 0 unspecified atom stereocenters. The maximum absolute atomic E-state index is 12.4. The van der Waals surface area contributed by atoms with E-state index in [2.05, 4.69) is 0 Å². The summed E-state index contributed by atoms with van der Waals surface area (Å²) in [6, 6.07) is 7.93. The normalized spacial score (nSPS) is 12.0. The van der Waals surface area contributed by atoms with Gasteiger partial charge in [0.25, 0.3) is 0 Å². The Balaban J connectivity index is 2.84. The van der Waals surface area contributed by atoms with Crippen LogP contribution in [0.15, 0.2) is 47.4 Å². The second kappa shape index (κ2) is 8.56. The molecular weight excluding hydrogens is 294 g/mol. The van der Waals surface area contributed by atoms with Gasteiger partial charge in [-0.25, -0.2) is 13.2 Å². The highest BCUT2D eigenvalue weighted by atomic mass is 32.2. The van der Waals surface area contributed by atoms with Crippen molar-refractivity contribution in [3.05, 3.63) is 42.5 Å². The molecule has 1 aromatic carbocycles. The van der Waals surface area contributed by atoms with E-state index in [-0.39, 0.29) is 31.2 Å². The molecule has 0 saturated carbocycles. The van der Waals surface area contributed by atoms with Gasteiger partial charge in [0, 0.05) is 19.2 Å². The lowest BCUT2D eigenvalue weighted by Crippen LogP contribution is -2.33. The van der Waals surface area contributed by atoms with Gasteiger partial charge >= 0.3 is 5.97 Å². The Morgan fingerprint density at radius 3 is 2.57 bits per heavy atom. The fourth-order valence-electron chi connectivity index (χ4n) is 1.62. The first-order chi connectivity index (χ1) is 10.0. The van der Waals surface area contributed by atoms with E-state index in [1.54, 1.807) is 25.1 Å². The van der Waals surface area contributed by atoms with Crippen LogP contribution in [0.3, 0.4) is 0 Å². The summed E-state index contributed by atoms with van der Waals surface area (Å²) in [6.07, 6.45) is 2.57. The van der Waals surface area contributed by atoms with Crippen molar-refractivity contribution in [2.45, 2.75) is 11.8 Å². The predicted molar refractivity (Wildman–Crippen MR) is 78.1 cm³/mol. The minimum absolute atomic E-state index is 0.0173. The SMILES string of the molecule is CCOC(=O)/C=C/CN(CCO)S(=O)(=O)c1ccccc1. The van der Waals surface area contributed by atoms with Crippen LogP contribution in [0.5, 0.6) is 0 Å². The Labute approximate surface area is 124 Å². The minimum atomic E-state index is -3.70. The molecule has 0 bridgehead atoms. The quantitative estimate of drug-likeness (QED) is 0.566. The zero-order valence-corrected chi connectivity index (χ0v) is 12.6. The van der Waals surface area contributed by atoms with Crippen molar-refractivity contribution in [1.29, 1.82) is 0 Å². The summed E-state index contributed by atoms with van der Waals surface area (Å²) in [5, 5.41) is 9.02. The van der Waals surface area contributed by atoms with Crippen molar-refractivity contribution in [1.82, 2.24) is 4.31 Å². The summed E-state index contributed by atoms with van der Waals surface area (Å²) < 4.78 is 30.6. The average molecular weight is 313 g/mol. The van der Waals surface area contributed by atoms with E-state index in [1.165, 1.54) is 24.3 Å². The highest BCUT2D eigenvalue weighted by molar-refractivity contribution is 7.89. The molecule has 0 atom stereocenters. The highest BCUT2D eigenvalue weighted by Gasteiger charge is 2.22. The molecule has 0 heterocycles. The van der Waals surface area contributed by atoms with Crippen molar-refractivity contribution >= 4 is 16.0 Å². The second-order valence-corrected chi connectivity index (χ2v) is 5.99. The summed E-state index contributed by atoms with van der Waals surface area (Å²) >= 11 is 0. The van der Waals surface area contributed by atoms with Crippen molar-refractivity contribution in [3.8, 4) is 0 Å². The van der Waals surface area contributed by atoms with Crippen molar-refractivity contribution in [2.75, 3.05) is 26.3 Å². The Kier molecular flexibility index (Phi) is 7.07. The van der Waals surface area contributed by atoms with Crippen LogP contribution in [0.4, 0.5) is 0 Å². The van der Waals surface area contributed by atoms with E-state index < -0.39 is 16.0 Å². The second-order valence-electron chi connectivity index (χ2n) is 4.05. The number of sulfonamides is 1. The van der Waals surface area contributed by atoms with Gasteiger partial charge < -0.3 is 9.84 Å². The number of hydrogen-bond acceptors (Lipinski definition) is 5. The molecule has 7 heteroatoms. The van der Waals surface area contributed by atoms with Gasteiger partial charge in [-0.1, -0.05) is 24.3 Å². The van der Waals surface area contributed by atoms with Crippen LogP contribution in [0.2, 0.25) is 0 Å². The first-order valence-corrected chi connectivity index (χ1v) is 7.95. The lowest BCUT2D eigenvalue weighted by Gasteiger charge is -2.19. The van der Waals surface area contributed by atoms with Gasteiger partial charge in [0.1, 0.15) is 0 Å². The summed E-state index contributed by atoms with van der Waals surface area (Å²) in [4.78, 5) is 11.3. The molecule has 21 heavy (non-hydrogen) atoms. The number of nitrogens with zero attached hydrogens (tertiary/aromatic N) is 1. The van der Waals surface area contributed by atoms with E-state index in [1.807, 2.05) is 0 Å². The number of carbonyl (C=O) groups excluding carboxylic acids is 1. The molecule has 0 fully saturated rings. The molecule has 0 aliphatic heterocycles. The average Bonchev–Trinajstić information content (AvgIpc) is 2.47.